The molecule has 2 aromatic rings. The SMILES string of the molecule is CCNC(=O)C(C)N(Cc1ccccc1Cl)C(=O)CN(c1cc([N+](=O)[O-])ccc1C)S(C)(=O)=O. The van der Waals surface area contributed by atoms with Crippen LogP contribution in [0.5, 0.6) is 0 Å². The van der Waals surface area contributed by atoms with Crippen molar-refractivity contribution >= 4 is 44.8 Å². The Morgan fingerprint density at radius 2 is 1.85 bits per heavy atom. The number of nitro groups is 1. The second-order valence-electron chi connectivity index (χ2n) is 7.68. The first-order chi connectivity index (χ1) is 15.9. The zero-order valence-electron chi connectivity index (χ0n) is 19.3. The molecule has 1 N–H and O–H groups in total. The molecule has 2 amide bonds. The van der Waals surface area contributed by atoms with Crippen LogP contribution in [0, 0.1) is 17.0 Å². The number of hydrogen-bond donors (Lipinski definition) is 1. The van der Waals surface area contributed by atoms with E-state index in [1.54, 1.807) is 38.1 Å². The first-order valence-electron chi connectivity index (χ1n) is 10.4. The molecule has 0 saturated heterocycles. The van der Waals surface area contributed by atoms with Gasteiger partial charge in [-0.25, -0.2) is 8.42 Å². The van der Waals surface area contributed by atoms with Crippen LogP contribution >= 0.6 is 11.6 Å². The lowest BCUT2D eigenvalue weighted by Crippen LogP contribution is -2.51. The topological polar surface area (TPSA) is 130 Å². The van der Waals surface area contributed by atoms with Gasteiger partial charge in [-0.3, -0.25) is 24.0 Å². The molecule has 1 unspecified atom stereocenters. The number of benzene rings is 2. The number of aryl methyl sites for hydroxylation is 1. The lowest BCUT2D eigenvalue weighted by Gasteiger charge is -2.32. The summed E-state index contributed by atoms with van der Waals surface area (Å²) in [4.78, 5) is 37.8. The maximum Gasteiger partial charge on any atom is 0.271 e. The van der Waals surface area contributed by atoms with Crippen molar-refractivity contribution in [3.8, 4) is 0 Å². The predicted octanol–water partition coefficient (Wildman–Crippen LogP) is 2.88. The first kappa shape index (κ1) is 27.1. The van der Waals surface area contributed by atoms with Crippen LogP contribution in [0.3, 0.4) is 0 Å². The normalized spacial score (nSPS) is 12.0. The van der Waals surface area contributed by atoms with Gasteiger partial charge >= 0.3 is 0 Å². The molecule has 0 saturated carbocycles. The predicted molar refractivity (Wildman–Crippen MR) is 130 cm³/mol. The molecule has 0 aliphatic heterocycles. The van der Waals surface area contributed by atoms with Gasteiger partial charge in [0.05, 0.1) is 16.9 Å². The highest BCUT2D eigenvalue weighted by Gasteiger charge is 2.31. The van der Waals surface area contributed by atoms with Gasteiger partial charge in [0, 0.05) is 30.2 Å². The van der Waals surface area contributed by atoms with Crippen molar-refractivity contribution in [3.63, 3.8) is 0 Å². The number of nitrogens with zero attached hydrogens (tertiary/aromatic N) is 3. The number of nitrogens with one attached hydrogen (secondary N) is 1. The van der Waals surface area contributed by atoms with E-state index in [2.05, 4.69) is 5.32 Å². The van der Waals surface area contributed by atoms with E-state index in [0.29, 0.717) is 22.7 Å². The van der Waals surface area contributed by atoms with Crippen LogP contribution in [0.2, 0.25) is 5.02 Å². The Balaban J connectivity index is 2.49. The van der Waals surface area contributed by atoms with Crippen LogP contribution in [0.25, 0.3) is 0 Å². The monoisotopic (exact) mass is 510 g/mol. The molecule has 34 heavy (non-hydrogen) atoms. The molecule has 2 aromatic carbocycles. The van der Waals surface area contributed by atoms with Gasteiger partial charge < -0.3 is 10.2 Å². The van der Waals surface area contributed by atoms with Crippen LogP contribution in [0.4, 0.5) is 11.4 Å². The minimum absolute atomic E-state index is 0.00778. The molecule has 0 aliphatic rings. The molecule has 12 heteroatoms. The maximum absolute atomic E-state index is 13.4. The minimum atomic E-state index is -4.01. The Bertz CT molecular complexity index is 1190. The highest BCUT2D eigenvalue weighted by Crippen LogP contribution is 2.28. The smallest absolute Gasteiger partial charge is 0.271 e. The van der Waals surface area contributed by atoms with Crippen molar-refractivity contribution < 1.29 is 22.9 Å². The van der Waals surface area contributed by atoms with E-state index in [9.17, 15) is 28.1 Å². The Hall–Kier alpha value is -3.18. The third-order valence-electron chi connectivity index (χ3n) is 5.17. The van der Waals surface area contributed by atoms with Crippen molar-refractivity contribution in [1.29, 1.82) is 0 Å². The number of likely N-dealkylation sites (N-methyl/N-ethyl adjacent to an activating group) is 1. The number of rotatable bonds is 10. The average Bonchev–Trinajstić information content (AvgIpc) is 2.76. The number of hydrogen-bond acceptors (Lipinski definition) is 6. The molecular formula is C22H27ClN4O6S. The fraction of sp³-hybridized carbons (Fsp3) is 0.364. The molecule has 0 aromatic heterocycles. The van der Waals surface area contributed by atoms with Gasteiger partial charge in [-0.2, -0.15) is 0 Å². The first-order valence-corrected chi connectivity index (χ1v) is 12.6. The van der Waals surface area contributed by atoms with Crippen LogP contribution in [0.1, 0.15) is 25.0 Å². The Morgan fingerprint density at radius 3 is 2.41 bits per heavy atom. The van der Waals surface area contributed by atoms with E-state index >= 15 is 0 Å². The van der Waals surface area contributed by atoms with Crippen molar-refractivity contribution in [2.45, 2.75) is 33.4 Å². The zero-order chi connectivity index (χ0) is 25.6. The highest BCUT2D eigenvalue weighted by atomic mass is 35.5. The second-order valence-corrected chi connectivity index (χ2v) is 10.00. The molecule has 10 nitrogen and oxygen atoms in total. The molecule has 2 rings (SSSR count). The molecule has 0 spiro atoms. The standard InChI is InChI=1S/C22H27ClN4O6S/c1-5-24-22(29)16(3)25(13-17-8-6-7-9-19(17)23)21(28)14-26(34(4,32)33)20-12-18(27(30)31)11-10-15(20)2/h6-12,16H,5,13-14H2,1-4H3,(H,24,29). The fourth-order valence-corrected chi connectivity index (χ4v) is 4.38. The number of carbonyl (C=O) groups is 2. The number of nitro benzene ring substituents is 1. The summed E-state index contributed by atoms with van der Waals surface area (Å²) in [6.07, 6.45) is 0.907. The Morgan fingerprint density at radius 1 is 1.21 bits per heavy atom. The van der Waals surface area contributed by atoms with Gasteiger partial charge in [-0.15, -0.1) is 0 Å². The van der Waals surface area contributed by atoms with E-state index in [4.69, 9.17) is 11.6 Å². The number of amides is 2. The van der Waals surface area contributed by atoms with Gasteiger partial charge in [0.2, 0.25) is 21.8 Å². The van der Waals surface area contributed by atoms with Crippen molar-refractivity contribution in [2.24, 2.45) is 0 Å². The van der Waals surface area contributed by atoms with Crippen LogP contribution in [0.15, 0.2) is 42.5 Å². The second kappa shape index (κ2) is 11.3. The van der Waals surface area contributed by atoms with Crippen LogP contribution < -0.4 is 9.62 Å². The quantitative estimate of drug-likeness (QED) is 0.386. The molecule has 1 atom stereocenters. The molecule has 0 fully saturated rings. The third kappa shape index (κ3) is 6.67. The molecule has 184 valence electrons. The van der Waals surface area contributed by atoms with Crippen molar-refractivity contribution in [3.05, 3.63) is 68.7 Å². The number of non-ortho nitro benzene ring substituents is 1. The van der Waals surface area contributed by atoms with Gasteiger partial charge in [0.1, 0.15) is 12.6 Å². The molecule has 0 aliphatic carbocycles. The van der Waals surface area contributed by atoms with E-state index in [1.165, 1.54) is 24.0 Å². The molecule has 0 heterocycles. The number of anilines is 1. The summed E-state index contributed by atoms with van der Waals surface area (Å²) in [5, 5.41) is 14.3. The number of sulfonamides is 1. The Kier molecular flexibility index (Phi) is 9.00. The Labute approximate surface area is 203 Å². The fourth-order valence-electron chi connectivity index (χ4n) is 3.29. The summed E-state index contributed by atoms with van der Waals surface area (Å²) in [5.41, 5.74) is 0.697. The largest absolute Gasteiger partial charge is 0.355 e. The third-order valence-corrected chi connectivity index (χ3v) is 6.66. The van der Waals surface area contributed by atoms with Gasteiger partial charge in [0.15, 0.2) is 0 Å². The summed E-state index contributed by atoms with van der Waals surface area (Å²) < 4.78 is 26.1. The highest BCUT2D eigenvalue weighted by molar-refractivity contribution is 7.92. The molecule has 0 radical (unpaired) electrons. The average molecular weight is 511 g/mol. The van der Waals surface area contributed by atoms with E-state index in [1.807, 2.05) is 0 Å². The molecule has 0 bridgehead atoms. The summed E-state index contributed by atoms with van der Waals surface area (Å²) in [7, 11) is -4.01. The number of halogens is 1. The maximum atomic E-state index is 13.4. The summed E-state index contributed by atoms with van der Waals surface area (Å²) in [6, 6.07) is 9.64. The molecular weight excluding hydrogens is 484 g/mol. The lowest BCUT2D eigenvalue weighted by atomic mass is 10.1. The zero-order valence-corrected chi connectivity index (χ0v) is 20.9. The number of carbonyl (C=O) groups excluding carboxylic acids is 2. The minimum Gasteiger partial charge on any atom is -0.355 e. The van der Waals surface area contributed by atoms with E-state index in [0.717, 1.165) is 16.6 Å². The van der Waals surface area contributed by atoms with E-state index < -0.39 is 39.3 Å². The summed E-state index contributed by atoms with van der Waals surface area (Å²) in [6.45, 7) is 4.50. The van der Waals surface area contributed by atoms with Gasteiger partial charge in [-0.1, -0.05) is 35.9 Å². The van der Waals surface area contributed by atoms with Gasteiger partial charge in [0.25, 0.3) is 5.69 Å². The van der Waals surface area contributed by atoms with E-state index in [-0.39, 0.29) is 17.9 Å². The van der Waals surface area contributed by atoms with Crippen LogP contribution in [-0.4, -0.2) is 55.4 Å². The summed E-state index contributed by atoms with van der Waals surface area (Å²) >= 11 is 6.25. The van der Waals surface area contributed by atoms with Gasteiger partial charge in [-0.05, 0) is 38.0 Å². The summed E-state index contributed by atoms with van der Waals surface area (Å²) in [5.74, 6) is -1.09. The lowest BCUT2D eigenvalue weighted by molar-refractivity contribution is -0.384. The van der Waals surface area contributed by atoms with Crippen LogP contribution in [-0.2, 0) is 26.2 Å². The van der Waals surface area contributed by atoms with Crippen molar-refractivity contribution in [2.75, 3.05) is 23.7 Å². The van der Waals surface area contributed by atoms with Crippen molar-refractivity contribution in [1.82, 2.24) is 10.2 Å².